The molecule has 1 saturated heterocycles. The van der Waals surface area contributed by atoms with Crippen LogP contribution in [0.5, 0.6) is 5.75 Å². The van der Waals surface area contributed by atoms with Gasteiger partial charge in [-0.1, -0.05) is 18.2 Å². The first-order valence-corrected chi connectivity index (χ1v) is 10.6. The van der Waals surface area contributed by atoms with E-state index in [0.717, 1.165) is 43.8 Å². The van der Waals surface area contributed by atoms with Crippen LogP contribution in [-0.4, -0.2) is 34.1 Å². The van der Waals surface area contributed by atoms with Gasteiger partial charge >= 0.3 is 0 Å². The van der Waals surface area contributed by atoms with Crippen LogP contribution in [0.1, 0.15) is 42.6 Å². The largest absolute Gasteiger partial charge is 0.494 e. The number of benzene rings is 2. The molecule has 4 heteroatoms. The topological polar surface area (TPSA) is 30.3 Å². The second-order valence-electron chi connectivity index (χ2n) is 7.95. The number of imidazole rings is 1. The fourth-order valence-electron chi connectivity index (χ4n) is 4.00. The molecule has 1 aliphatic heterocycles. The summed E-state index contributed by atoms with van der Waals surface area (Å²) in [4.78, 5) is 7.46. The number of likely N-dealkylation sites (tertiary alicyclic amines) is 1. The van der Waals surface area contributed by atoms with Gasteiger partial charge in [0.15, 0.2) is 0 Å². The second-order valence-corrected chi connectivity index (χ2v) is 7.95. The van der Waals surface area contributed by atoms with Crippen molar-refractivity contribution in [2.45, 2.75) is 52.6 Å². The summed E-state index contributed by atoms with van der Waals surface area (Å²) < 4.78 is 8.37. The Morgan fingerprint density at radius 2 is 1.79 bits per heavy atom. The number of aromatic nitrogens is 2. The number of rotatable bonds is 8. The SMILES string of the molecule is Cc1ccc(OCCCCn2c(CN3CCCC3)nc3ccccc32)cc1C. The maximum absolute atomic E-state index is 5.95. The van der Waals surface area contributed by atoms with Crippen molar-refractivity contribution >= 4 is 11.0 Å². The second kappa shape index (κ2) is 8.78. The highest BCUT2D eigenvalue weighted by Crippen LogP contribution is 2.20. The van der Waals surface area contributed by atoms with Crippen LogP contribution in [0, 0.1) is 13.8 Å². The quantitative estimate of drug-likeness (QED) is 0.511. The Morgan fingerprint density at radius 3 is 2.61 bits per heavy atom. The molecule has 0 amide bonds. The molecule has 1 aliphatic rings. The van der Waals surface area contributed by atoms with Crippen molar-refractivity contribution in [2.75, 3.05) is 19.7 Å². The van der Waals surface area contributed by atoms with Gasteiger partial charge in [-0.05, 0) is 88.0 Å². The zero-order chi connectivity index (χ0) is 19.3. The average Bonchev–Trinajstić information content (AvgIpc) is 3.32. The Labute approximate surface area is 168 Å². The van der Waals surface area contributed by atoms with E-state index in [1.807, 2.05) is 0 Å². The van der Waals surface area contributed by atoms with Gasteiger partial charge < -0.3 is 9.30 Å². The normalized spacial score (nSPS) is 14.8. The molecule has 2 heterocycles. The number of hydrogen-bond donors (Lipinski definition) is 0. The molecule has 0 aliphatic carbocycles. The molecule has 0 radical (unpaired) electrons. The molecule has 1 fully saturated rings. The highest BCUT2D eigenvalue weighted by molar-refractivity contribution is 5.75. The summed E-state index contributed by atoms with van der Waals surface area (Å²) in [5, 5.41) is 0. The van der Waals surface area contributed by atoms with Crippen molar-refractivity contribution in [3.8, 4) is 5.75 Å². The van der Waals surface area contributed by atoms with Crippen LogP contribution in [0.4, 0.5) is 0 Å². The predicted octanol–water partition coefficient (Wildman–Crippen LogP) is 5.11. The van der Waals surface area contributed by atoms with Gasteiger partial charge in [-0.15, -0.1) is 0 Å². The molecule has 0 atom stereocenters. The Kier molecular flexibility index (Phi) is 5.96. The summed E-state index contributed by atoms with van der Waals surface area (Å²) in [5.74, 6) is 2.18. The minimum atomic E-state index is 0.761. The van der Waals surface area contributed by atoms with Gasteiger partial charge in [0.2, 0.25) is 0 Å². The lowest BCUT2D eigenvalue weighted by Crippen LogP contribution is -2.21. The Hall–Kier alpha value is -2.33. The van der Waals surface area contributed by atoms with Crippen molar-refractivity contribution in [2.24, 2.45) is 0 Å². The van der Waals surface area contributed by atoms with Crippen LogP contribution >= 0.6 is 0 Å². The fourth-order valence-corrected chi connectivity index (χ4v) is 4.00. The molecule has 4 rings (SSSR count). The van der Waals surface area contributed by atoms with Gasteiger partial charge in [0.1, 0.15) is 11.6 Å². The number of ether oxygens (including phenoxy) is 1. The van der Waals surface area contributed by atoms with Gasteiger partial charge in [-0.2, -0.15) is 0 Å². The average molecular weight is 378 g/mol. The molecule has 0 spiro atoms. The van der Waals surface area contributed by atoms with Crippen molar-refractivity contribution in [3.63, 3.8) is 0 Å². The number of fused-ring (bicyclic) bond motifs is 1. The first-order valence-electron chi connectivity index (χ1n) is 10.6. The summed E-state index contributed by atoms with van der Waals surface area (Å²) >= 11 is 0. The van der Waals surface area contributed by atoms with E-state index in [1.165, 1.54) is 48.4 Å². The Morgan fingerprint density at radius 1 is 0.964 bits per heavy atom. The third-order valence-electron chi connectivity index (χ3n) is 5.82. The van der Waals surface area contributed by atoms with Crippen LogP contribution < -0.4 is 4.74 Å². The first kappa shape index (κ1) is 19.0. The summed E-state index contributed by atoms with van der Waals surface area (Å²) in [5.41, 5.74) is 4.97. The van der Waals surface area contributed by atoms with Crippen molar-refractivity contribution in [3.05, 3.63) is 59.4 Å². The molecule has 4 nitrogen and oxygen atoms in total. The minimum Gasteiger partial charge on any atom is -0.494 e. The molecule has 2 aromatic carbocycles. The maximum atomic E-state index is 5.95. The van der Waals surface area contributed by atoms with E-state index in [9.17, 15) is 0 Å². The summed E-state index contributed by atoms with van der Waals surface area (Å²) in [6.07, 6.45) is 4.77. The zero-order valence-electron chi connectivity index (χ0n) is 17.2. The van der Waals surface area contributed by atoms with Crippen LogP contribution in [-0.2, 0) is 13.1 Å². The van der Waals surface area contributed by atoms with E-state index in [-0.39, 0.29) is 0 Å². The molecule has 148 valence electrons. The molecular weight excluding hydrogens is 346 g/mol. The van der Waals surface area contributed by atoms with Gasteiger partial charge in [0.05, 0.1) is 24.2 Å². The molecule has 0 unspecified atom stereocenters. The smallest absolute Gasteiger partial charge is 0.124 e. The Balaban J connectivity index is 1.36. The highest BCUT2D eigenvalue weighted by atomic mass is 16.5. The summed E-state index contributed by atoms with van der Waals surface area (Å²) in [6, 6.07) is 14.9. The number of aryl methyl sites for hydroxylation is 3. The molecule has 0 bridgehead atoms. The van der Waals surface area contributed by atoms with Crippen LogP contribution in [0.25, 0.3) is 11.0 Å². The standard InChI is InChI=1S/C24H31N3O/c1-19-11-12-21(17-20(19)2)28-16-8-7-15-27-23-10-4-3-9-22(23)25-24(27)18-26-13-5-6-14-26/h3-4,9-12,17H,5-8,13-16,18H2,1-2H3. The lowest BCUT2D eigenvalue weighted by molar-refractivity contribution is 0.298. The lowest BCUT2D eigenvalue weighted by Gasteiger charge is -2.16. The van der Waals surface area contributed by atoms with Gasteiger partial charge in [0.25, 0.3) is 0 Å². The van der Waals surface area contributed by atoms with E-state index in [0.29, 0.717) is 0 Å². The fraction of sp³-hybridized carbons (Fsp3) is 0.458. The molecule has 0 saturated carbocycles. The summed E-state index contributed by atoms with van der Waals surface area (Å²) in [7, 11) is 0. The third kappa shape index (κ3) is 4.39. The predicted molar refractivity (Wildman–Crippen MR) is 115 cm³/mol. The minimum absolute atomic E-state index is 0.761. The van der Waals surface area contributed by atoms with Crippen LogP contribution in [0.15, 0.2) is 42.5 Å². The first-order chi connectivity index (χ1) is 13.7. The van der Waals surface area contributed by atoms with E-state index in [4.69, 9.17) is 9.72 Å². The van der Waals surface area contributed by atoms with Crippen molar-refractivity contribution < 1.29 is 4.74 Å². The van der Waals surface area contributed by atoms with Crippen LogP contribution in [0.2, 0.25) is 0 Å². The van der Waals surface area contributed by atoms with Crippen molar-refractivity contribution in [1.29, 1.82) is 0 Å². The molecule has 3 aromatic rings. The van der Waals surface area contributed by atoms with E-state index in [2.05, 4.69) is 65.8 Å². The van der Waals surface area contributed by atoms with Gasteiger partial charge in [-0.25, -0.2) is 4.98 Å². The van der Waals surface area contributed by atoms with E-state index in [1.54, 1.807) is 0 Å². The van der Waals surface area contributed by atoms with Crippen molar-refractivity contribution in [1.82, 2.24) is 14.5 Å². The molecule has 28 heavy (non-hydrogen) atoms. The number of hydrogen-bond acceptors (Lipinski definition) is 3. The number of nitrogens with zero attached hydrogens (tertiary/aromatic N) is 3. The number of para-hydroxylation sites is 2. The van der Waals surface area contributed by atoms with Gasteiger partial charge in [0, 0.05) is 6.54 Å². The zero-order valence-corrected chi connectivity index (χ0v) is 17.2. The molecule has 0 N–H and O–H groups in total. The highest BCUT2D eigenvalue weighted by Gasteiger charge is 2.17. The van der Waals surface area contributed by atoms with E-state index < -0.39 is 0 Å². The number of unbranched alkanes of at least 4 members (excludes halogenated alkanes) is 1. The van der Waals surface area contributed by atoms with E-state index >= 15 is 0 Å². The van der Waals surface area contributed by atoms with Gasteiger partial charge in [-0.3, -0.25) is 4.90 Å². The summed E-state index contributed by atoms with van der Waals surface area (Å²) in [6.45, 7) is 9.40. The maximum Gasteiger partial charge on any atom is 0.124 e. The Bertz CT molecular complexity index is 925. The lowest BCUT2D eigenvalue weighted by atomic mass is 10.1. The van der Waals surface area contributed by atoms with Crippen LogP contribution in [0.3, 0.4) is 0 Å². The third-order valence-corrected chi connectivity index (χ3v) is 5.82. The molecular formula is C24H31N3O. The molecule has 1 aromatic heterocycles. The monoisotopic (exact) mass is 377 g/mol.